The van der Waals surface area contributed by atoms with Crippen molar-refractivity contribution in [2.45, 2.75) is 11.6 Å². The van der Waals surface area contributed by atoms with E-state index in [0.29, 0.717) is 18.3 Å². The molecule has 0 bridgehead atoms. The first-order valence-corrected chi connectivity index (χ1v) is 6.29. The highest BCUT2D eigenvalue weighted by Gasteiger charge is 2.32. The number of hydrogen-bond acceptors (Lipinski definition) is 2. The van der Waals surface area contributed by atoms with Crippen LogP contribution >= 0.6 is 23.2 Å². The van der Waals surface area contributed by atoms with Gasteiger partial charge in [0.05, 0.1) is 10.6 Å². The second-order valence-corrected chi connectivity index (χ2v) is 5.03. The van der Waals surface area contributed by atoms with Crippen LogP contribution in [-0.2, 0) is 11.6 Å². The minimum absolute atomic E-state index is 0.316. The molecule has 0 N–H and O–H groups in total. The lowest BCUT2D eigenvalue weighted by Crippen LogP contribution is -2.21. The number of hydrogen-bond donors (Lipinski definition) is 0. The molecule has 0 fully saturated rings. The van der Waals surface area contributed by atoms with Crippen LogP contribution in [0.4, 0.5) is 22.0 Å². The fourth-order valence-electron chi connectivity index (χ4n) is 1.59. The van der Waals surface area contributed by atoms with Crippen LogP contribution < -0.4 is 5.56 Å². The van der Waals surface area contributed by atoms with Gasteiger partial charge in [0.1, 0.15) is 0 Å². The third-order valence-electron chi connectivity index (χ3n) is 2.62. The fraction of sp³-hybridized carbons (Fsp3) is 0.167. The third kappa shape index (κ3) is 3.38. The number of nitrogens with zero attached hydrogens (tertiary/aromatic N) is 2. The summed E-state index contributed by atoms with van der Waals surface area (Å²) < 4.78 is 64.0. The van der Waals surface area contributed by atoms with E-state index in [-0.39, 0.29) is 5.82 Å². The van der Waals surface area contributed by atoms with Gasteiger partial charge >= 0.3 is 11.6 Å². The van der Waals surface area contributed by atoms with Crippen molar-refractivity contribution in [1.82, 2.24) is 9.55 Å². The SMILES string of the molecule is O=c1cc(C(F)(F)Cl)ccn1-c1ncc(C(F)(F)F)cc1Cl. The second kappa shape index (κ2) is 5.51. The number of aromatic nitrogens is 2. The molecule has 0 radical (unpaired) electrons. The first kappa shape index (κ1) is 16.7. The maximum absolute atomic E-state index is 12.9. The lowest BCUT2D eigenvalue weighted by molar-refractivity contribution is -0.137. The van der Waals surface area contributed by atoms with Gasteiger partial charge in [0, 0.05) is 24.0 Å². The van der Waals surface area contributed by atoms with Gasteiger partial charge in [-0.1, -0.05) is 11.6 Å². The van der Waals surface area contributed by atoms with Gasteiger partial charge in [-0.05, 0) is 23.7 Å². The number of alkyl halides is 6. The Morgan fingerprint density at radius 1 is 1.09 bits per heavy atom. The molecule has 0 aliphatic heterocycles. The molecule has 22 heavy (non-hydrogen) atoms. The van der Waals surface area contributed by atoms with Crippen molar-refractivity contribution < 1.29 is 22.0 Å². The van der Waals surface area contributed by atoms with E-state index in [2.05, 4.69) is 4.98 Å². The van der Waals surface area contributed by atoms with E-state index in [1.807, 2.05) is 0 Å². The molecule has 0 spiro atoms. The Hall–Kier alpha value is -1.67. The van der Waals surface area contributed by atoms with Crippen molar-refractivity contribution in [2.75, 3.05) is 0 Å². The van der Waals surface area contributed by atoms with Gasteiger partial charge in [-0.2, -0.15) is 22.0 Å². The maximum Gasteiger partial charge on any atom is 0.417 e. The van der Waals surface area contributed by atoms with Gasteiger partial charge in [0.25, 0.3) is 5.56 Å². The number of pyridine rings is 2. The summed E-state index contributed by atoms with van der Waals surface area (Å²) in [6.07, 6.45) is -3.27. The Bertz CT molecular complexity index is 767. The standard InChI is InChI=1S/C12H5Cl2F5N2O/c13-8-3-7(12(17,18)19)5-20-10(8)21-2-1-6(4-9(21)22)11(14,15)16/h1-5H. The molecule has 0 amide bonds. The Labute approximate surface area is 129 Å². The Morgan fingerprint density at radius 2 is 1.73 bits per heavy atom. The van der Waals surface area contributed by atoms with Crippen LogP contribution in [0.1, 0.15) is 11.1 Å². The van der Waals surface area contributed by atoms with Crippen LogP contribution in [0, 0.1) is 0 Å². The van der Waals surface area contributed by atoms with E-state index >= 15 is 0 Å². The maximum atomic E-state index is 12.9. The molecule has 0 saturated carbocycles. The van der Waals surface area contributed by atoms with Crippen LogP contribution in [0.3, 0.4) is 0 Å². The zero-order valence-electron chi connectivity index (χ0n) is 10.3. The van der Waals surface area contributed by atoms with Crippen molar-refractivity contribution in [1.29, 1.82) is 0 Å². The van der Waals surface area contributed by atoms with Crippen LogP contribution in [0.2, 0.25) is 5.02 Å². The molecule has 0 saturated heterocycles. The Morgan fingerprint density at radius 3 is 2.18 bits per heavy atom. The normalized spacial score (nSPS) is 12.5. The van der Waals surface area contributed by atoms with Crippen molar-refractivity contribution in [2.24, 2.45) is 0 Å². The summed E-state index contributed by atoms with van der Waals surface area (Å²) in [5.41, 5.74) is -2.82. The molecule has 2 rings (SSSR count). The number of rotatable bonds is 2. The third-order valence-corrected chi connectivity index (χ3v) is 3.12. The molecule has 2 aromatic rings. The van der Waals surface area contributed by atoms with Gasteiger partial charge in [-0.15, -0.1) is 0 Å². The van der Waals surface area contributed by atoms with E-state index in [1.165, 1.54) is 0 Å². The summed E-state index contributed by atoms with van der Waals surface area (Å²) in [5.74, 6) is -0.316. The Balaban J connectivity index is 2.52. The van der Waals surface area contributed by atoms with E-state index in [9.17, 15) is 26.7 Å². The molecular weight excluding hydrogens is 354 g/mol. The molecule has 2 aromatic heterocycles. The highest BCUT2D eigenvalue weighted by atomic mass is 35.5. The molecule has 0 aromatic carbocycles. The smallest absolute Gasteiger partial charge is 0.269 e. The van der Waals surface area contributed by atoms with E-state index in [4.69, 9.17) is 23.2 Å². The molecule has 118 valence electrons. The topological polar surface area (TPSA) is 34.9 Å². The molecule has 2 heterocycles. The summed E-state index contributed by atoms with van der Waals surface area (Å²) >= 11 is 10.5. The predicted molar refractivity (Wildman–Crippen MR) is 69.6 cm³/mol. The lowest BCUT2D eigenvalue weighted by atomic mass is 10.2. The van der Waals surface area contributed by atoms with Crippen LogP contribution in [0.15, 0.2) is 35.4 Å². The van der Waals surface area contributed by atoms with Gasteiger partial charge < -0.3 is 0 Å². The minimum Gasteiger partial charge on any atom is -0.269 e. The average Bonchev–Trinajstić information content (AvgIpc) is 2.37. The molecular formula is C12H5Cl2F5N2O. The van der Waals surface area contributed by atoms with Crippen molar-refractivity contribution in [3.8, 4) is 5.82 Å². The van der Waals surface area contributed by atoms with Gasteiger partial charge in [-0.3, -0.25) is 9.36 Å². The monoisotopic (exact) mass is 358 g/mol. The van der Waals surface area contributed by atoms with Gasteiger partial charge in [0.15, 0.2) is 5.82 Å². The average molecular weight is 359 g/mol. The van der Waals surface area contributed by atoms with Gasteiger partial charge in [0.2, 0.25) is 0 Å². The van der Waals surface area contributed by atoms with E-state index in [1.54, 1.807) is 0 Å². The van der Waals surface area contributed by atoms with E-state index < -0.39 is 33.3 Å². The summed E-state index contributed by atoms with van der Waals surface area (Å²) in [4.78, 5) is 15.2. The molecule has 0 atom stereocenters. The summed E-state index contributed by atoms with van der Waals surface area (Å²) in [7, 11) is 0. The summed E-state index contributed by atoms with van der Waals surface area (Å²) in [6.45, 7) is 0. The summed E-state index contributed by atoms with van der Waals surface area (Å²) in [6, 6.07) is 1.97. The lowest BCUT2D eigenvalue weighted by Gasteiger charge is -2.12. The fourth-order valence-corrected chi connectivity index (χ4v) is 1.97. The Kier molecular flexibility index (Phi) is 4.18. The number of halogens is 7. The zero-order chi connectivity index (χ0) is 16.7. The quantitative estimate of drug-likeness (QED) is 0.595. The predicted octanol–water partition coefficient (Wildman–Crippen LogP) is 4.19. The zero-order valence-corrected chi connectivity index (χ0v) is 11.8. The highest BCUT2D eigenvalue weighted by Crippen LogP contribution is 2.33. The molecule has 0 aliphatic carbocycles. The second-order valence-electron chi connectivity index (χ2n) is 4.15. The first-order chi connectivity index (χ1) is 10.00. The van der Waals surface area contributed by atoms with Crippen molar-refractivity contribution in [3.63, 3.8) is 0 Å². The van der Waals surface area contributed by atoms with Crippen LogP contribution in [0.5, 0.6) is 0 Å². The molecule has 10 heteroatoms. The molecule has 3 nitrogen and oxygen atoms in total. The van der Waals surface area contributed by atoms with Gasteiger partial charge in [-0.25, -0.2) is 4.98 Å². The largest absolute Gasteiger partial charge is 0.417 e. The van der Waals surface area contributed by atoms with E-state index in [0.717, 1.165) is 16.8 Å². The highest BCUT2D eigenvalue weighted by molar-refractivity contribution is 6.32. The van der Waals surface area contributed by atoms with Crippen molar-refractivity contribution >= 4 is 23.2 Å². The van der Waals surface area contributed by atoms with Crippen molar-refractivity contribution in [3.05, 3.63) is 57.1 Å². The molecule has 0 aliphatic rings. The van der Waals surface area contributed by atoms with Crippen LogP contribution in [0.25, 0.3) is 5.82 Å². The molecule has 0 unspecified atom stereocenters. The summed E-state index contributed by atoms with van der Waals surface area (Å²) in [5, 5.41) is -4.20. The minimum atomic E-state index is -4.65. The first-order valence-electron chi connectivity index (χ1n) is 5.53. The van der Waals surface area contributed by atoms with Crippen LogP contribution in [-0.4, -0.2) is 9.55 Å².